The van der Waals surface area contributed by atoms with Crippen molar-refractivity contribution in [1.29, 1.82) is 0 Å². The smallest absolute Gasteiger partial charge is 0.298 e. The minimum absolute atomic E-state index is 0.0286. The van der Waals surface area contributed by atoms with Gasteiger partial charge in [-0.1, -0.05) is 18.2 Å². The van der Waals surface area contributed by atoms with Gasteiger partial charge in [-0.15, -0.1) is 10.2 Å². The van der Waals surface area contributed by atoms with E-state index < -0.39 is 11.7 Å². The molecule has 7 heteroatoms. The first-order chi connectivity index (χ1) is 10.5. The zero-order chi connectivity index (χ0) is 15.7. The van der Waals surface area contributed by atoms with E-state index in [0.717, 1.165) is 6.07 Å². The fraction of sp³-hybridized carbons (Fsp3) is 0.133. The summed E-state index contributed by atoms with van der Waals surface area (Å²) in [6, 6.07) is 8.54. The molecule has 0 saturated heterocycles. The molecule has 0 unspecified atom stereocenters. The fourth-order valence-corrected chi connectivity index (χ4v) is 2.32. The van der Waals surface area contributed by atoms with Crippen molar-refractivity contribution in [2.75, 3.05) is 0 Å². The molecule has 0 N–H and O–H groups in total. The zero-order valence-corrected chi connectivity index (χ0v) is 11.2. The van der Waals surface area contributed by atoms with Crippen molar-refractivity contribution >= 4 is 11.9 Å². The van der Waals surface area contributed by atoms with E-state index in [1.54, 1.807) is 24.4 Å². The molecule has 3 aromatic rings. The quantitative estimate of drug-likeness (QED) is 0.698. The van der Waals surface area contributed by atoms with Gasteiger partial charge in [-0.25, -0.2) is 0 Å². The first kappa shape index (κ1) is 14.2. The van der Waals surface area contributed by atoms with E-state index >= 15 is 0 Å². The fourth-order valence-electron chi connectivity index (χ4n) is 2.32. The van der Waals surface area contributed by atoms with Gasteiger partial charge in [0.15, 0.2) is 11.9 Å². The van der Waals surface area contributed by atoms with Crippen molar-refractivity contribution in [1.82, 2.24) is 14.6 Å². The maximum absolute atomic E-state index is 13.0. The van der Waals surface area contributed by atoms with Crippen LogP contribution in [-0.4, -0.2) is 20.9 Å². The van der Waals surface area contributed by atoms with Crippen molar-refractivity contribution in [3.8, 4) is 0 Å². The lowest BCUT2D eigenvalue weighted by Gasteiger charge is -2.11. The van der Waals surface area contributed by atoms with Crippen LogP contribution >= 0.6 is 0 Å². The Morgan fingerprint density at radius 1 is 1.09 bits per heavy atom. The summed E-state index contributed by atoms with van der Waals surface area (Å²) in [7, 11) is 0. The van der Waals surface area contributed by atoms with Crippen LogP contribution in [0.2, 0.25) is 0 Å². The van der Waals surface area contributed by atoms with E-state index in [-0.39, 0.29) is 12.0 Å². The molecule has 0 saturated carbocycles. The van der Waals surface area contributed by atoms with E-state index in [1.807, 2.05) is 0 Å². The Hall–Kier alpha value is -2.70. The predicted molar refractivity (Wildman–Crippen MR) is 72.6 cm³/mol. The van der Waals surface area contributed by atoms with Crippen LogP contribution in [0.5, 0.6) is 0 Å². The number of hydrogen-bond donors (Lipinski definition) is 0. The molecule has 0 aliphatic rings. The second-order valence-corrected chi connectivity index (χ2v) is 4.72. The first-order valence-electron chi connectivity index (χ1n) is 6.43. The molecule has 0 spiro atoms. The summed E-state index contributed by atoms with van der Waals surface area (Å²) in [6.45, 7) is 0. The molecule has 112 valence electrons. The standard InChI is InChI=1S/C15H10F3N3O/c16-15(17,18)12-6-2-1-4-10(12)8-13-19-20-14-11(9-22)5-3-7-21(13)14/h1-7,9H,8H2. The molecule has 0 amide bonds. The Labute approximate surface area is 123 Å². The molecule has 0 aliphatic carbocycles. The zero-order valence-electron chi connectivity index (χ0n) is 11.2. The molecular weight excluding hydrogens is 295 g/mol. The first-order valence-corrected chi connectivity index (χ1v) is 6.43. The van der Waals surface area contributed by atoms with Crippen LogP contribution in [0.15, 0.2) is 42.6 Å². The number of benzene rings is 1. The minimum atomic E-state index is -4.43. The topological polar surface area (TPSA) is 47.3 Å². The van der Waals surface area contributed by atoms with E-state index in [0.29, 0.717) is 23.3 Å². The number of pyridine rings is 1. The number of rotatable bonds is 3. The lowest BCUT2D eigenvalue weighted by Crippen LogP contribution is -2.10. The van der Waals surface area contributed by atoms with Crippen molar-refractivity contribution in [2.45, 2.75) is 12.6 Å². The van der Waals surface area contributed by atoms with Gasteiger partial charge in [0.05, 0.1) is 11.1 Å². The van der Waals surface area contributed by atoms with Gasteiger partial charge in [-0.2, -0.15) is 13.2 Å². The van der Waals surface area contributed by atoms with E-state index in [2.05, 4.69) is 10.2 Å². The predicted octanol–water partition coefficient (Wildman–Crippen LogP) is 3.15. The molecular formula is C15H10F3N3O. The lowest BCUT2D eigenvalue weighted by molar-refractivity contribution is -0.138. The van der Waals surface area contributed by atoms with Gasteiger partial charge in [0.25, 0.3) is 0 Å². The second-order valence-electron chi connectivity index (χ2n) is 4.72. The Morgan fingerprint density at radius 2 is 1.86 bits per heavy atom. The molecule has 0 aliphatic heterocycles. The normalized spacial score (nSPS) is 11.8. The highest BCUT2D eigenvalue weighted by molar-refractivity contribution is 5.83. The summed E-state index contributed by atoms with van der Waals surface area (Å²) in [4.78, 5) is 10.9. The summed E-state index contributed by atoms with van der Waals surface area (Å²) in [5, 5.41) is 7.79. The Bertz CT molecular complexity index is 839. The van der Waals surface area contributed by atoms with Gasteiger partial charge in [0, 0.05) is 12.6 Å². The summed E-state index contributed by atoms with van der Waals surface area (Å²) in [6.07, 6.45) is -2.20. The SMILES string of the molecule is O=Cc1cccn2c(Cc3ccccc3C(F)(F)F)nnc12. The van der Waals surface area contributed by atoms with Gasteiger partial charge >= 0.3 is 6.18 Å². The van der Waals surface area contributed by atoms with Gasteiger partial charge < -0.3 is 0 Å². The summed E-state index contributed by atoms with van der Waals surface area (Å²) in [5.41, 5.74) is 0.0847. The van der Waals surface area contributed by atoms with Crippen LogP contribution in [-0.2, 0) is 12.6 Å². The molecule has 4 nitrogen and oxygen atoms in total. The molecule has 2 heterocycles. The molecule has 0 fully saturated rings. The largest absolute Gasteiger partial charge is 0.416 e. The molecule has 0 atom stereocenters. The number of aldehydes is 1. The number of hydrogen-bond acceptors (Lipinski definition) is 3. The Morgan fingerprint density at radius 3 is 2.59 bits per heavy atom. The number of carbonyl (C=O) groups excluding carboxylic acids is 1. The van der Waals surface area contributed by atoms with Crippen LogP contribution in [0.4, 0.5) is 13.2 Å². The van der Waals surface area contributed by atoms with Gasteiger partial charge in [-0.05, 0) is 23.8 Å². The number of alkyl halides is 3. The van der Waals surface area contributed by atoms with Crippen LogP contribution in [0.3, 0.4) is 0 Å². The highest BCUT2D eigenvalue weighted by Gasteiger charge is 2.33. The summed E-state index contributed by atoms with van der Waals surface area (Å²) in [5.74, 6) is 0.343. The Balaban J connectivity index is 2.07. The number of carbonyl (C=O) groups is 1. The summed E-state index contributed by atoms with van der Waals surface area (Å²) >= 11 is 0. The van der Waals surface area contributed by atoms with Crippen molar-refractivity contribution in [2.24, 2.45) is 0 Å². The van der Waals surface area contributed by atoms with Crippen molar-refractivity contribution < 1.29 is 18.0 Å². The number of halogens is 3. The Kier molecular flexibility index (Phi) is 3.40. The number of aromatic nitrogens is 3. The third kappa shape index (κ3) is 2.45. The van der Waals surface area contributed by atoms with E-state index in [4.69, 9.17) is 0 Å². The lowest BCUT2D eigenvalue weighted by atomic mass is 10.0. The molecule has 1 aromatic carbocycles. The minimum Gasteiger partial charge on any atom is -0.298 e. The summed E-state index contributed by atoms with van der Waals surface area (Å²) < 4.78 is 40.6. The van der Waals surface area contributed by atoms with Crippen LogP contribution in [0.25, 0.3) is 5.65 Å². The molecule has 22 heavy (non-hydrogen) atoms. The molecule has 0 radical (unpaired) electrons. The highest BCUT2D eigenvalue weighted by atomic mass is 19.4. The number of fused-ring (bicyclic) bond motifs is 1. The molecule has 0 bridgehead atoms. The van der Waals surface area contributed by atoms with Crippen molar-refractivity contribution in [3.05, 3.63) is 65.1 Å². The third-order valence-corrected chi connectivity index (χ3v) is 3.33. The monoisotopic (exact) mass is 305 g/mol. The van der Waals surface area contributed by atoms with E-state index in [9.17, 15) is 18.0 Å². The van der Waals surface area contributed by atoms with Gasteiger partial charge in [0.2, 0.25) is 0 Å². The number of nitrogens with zero attached hydrogens (tertiary/aromatic N) is 3. The third-order valence-electron chi connectivity index (χ3n) is 3.33. The van der Waals surface area contributed by atoms with Crippen LogP contribution < -0.4 is 0 Å². The van der Waals surface area contributed by atoms with E-state index in [1.165, 1.54) is 16.5 Å². The molecule has 2 aromatic heterocycles. The molecule has 3 rings (SSSR count). The average Bonchev–Trinajstić information content (AvgIpc) is 2.90. The van der Waals surface area contributed by atoms with Gasteiger partial charge in [0.1, 0.15) is 5.82 Å². The van der Waals surface area contributed by atoms with Crippen molar-refractivity contribution in [3.63, 3.8) is 0 Å². The van der Waals surface area contributed by atoms with Crippen LogP contribution in [0.1, 0.15) is 27.3 Å². The van der Waals surface area contributed by atoms with Crippen LogP contribution in [0, 0.1) is 0 Å². The highest BCUT2D eigenvalue weighted by Crippen LogP contribution is 2.32. The maximum atomic E-state index is 13.0. The van der Waals surface area contributed by atoms with Gasteiger partial charge in [-0.3, -0.25) is 9.20 Å². The average molecular weight is 305 g/mol. The maximum Gasteiger partial charge on any atom is 0.416 e. The second kappa shape index (κ2) is 5.25.